The van der Waals surface area contributed by atoms with E-state index in [0.717, 1.165) is 18.6 Å². The Labute approximate surface area is 168 Å². The molecule has 0 radical (unpaired) electrons. The number of nitrogens with zero attached hydrogens (tertiary/aromatic N) is 1. The zero-order valence-corrected chi connectivity index (χ0v) is 16.5. The Morgan fingerprint density at radius 1 is 1.03 bits per heavy atom. The molecule has 4 rings (SSSR count). The van der Waals surface area contributed by atoms with Gasteiger partial charge in [-0.05, 0) is 49.2 Å². The highest BCUT2D eigenvalue weighted by molar-refractivity contribution is 7.89. The lowest BCUT2D eigenvalue weighted by Crippen LogP contribution is -2.43. The smallest absolute Gasteiger partial charge is 0.243 e. The number of carbonyl (C=O) groups excluding carboxylic acids is 1. The maximum Gasteiger partial charge on any atom is 0.243 e. The molecule has 1 atom stereocenters. The van der Waals surface area contributed by atoms with E-state index in [-0.39, 0.29) is 11.4 Å². The molecule has 2 heterocycles. The lowest BCUT2D eigenvalue weighted by Gasteiger charge is -2.23. The number of halogens is 1. The highest BCUT2D eigenvalue weighted by Gasteiger charge is 2.39. The summed E-state index contributed by atoms with van der Waals surface area (Å²) >= 11 is 0. The second-order valence-electron chi connectivity index (χ2n) is 6.93. The number of hydrogen-bond donors (Lipinski definition) is 1. The first-order chi connectivity index (χ1) is 13.9. The van der Waals surface area contributed by atoms with Crippen molar-refractivity contribution in [3.63, 3.8) is 0 Å². The van der Waals surface area contributed by atoms with Gasteiger partial charge >= 0.3 is 0 Å². The van der Waals surface area contributed by atoms with Crippen LogP contribution in [-0.4, -0.2) is 44.4 Å². The molecule has 2 aliphatic heterocycles. The Kier molecular flexibility index (Phi) is 5.42. The number of nitrogens with one attached hydrogen (secondary N) is 1. The van der Waals surface area contributed by atoms with E-state index >= 15 is 0 Å². The van der Waals surface area contributed by atoms with E-state index in [0.29, 0.717) is 43.2 Å². The van der Waals surface area contributed by atoms with Crippen LogP contribution in [0.5, 0.6) is 11.5 Å². The summed E-state index contributed by atoms with van der Waals surface area (Å²) in [5.74, 6) is 0.223. The van der Waals surface area contributed by atoms with Crippen molar-refractivity contribution in [1.29, 1.82) is 0 Å². The molecule has 2 aromatic rings. The molecule has 7 nitrogen and oxygen atoms in total. The third kappa shape index (κ3) is 4.06. The Balaban J connectivity index is 1.52. The maximum atomic E-state index is 13.2. The second kappa shape index (κ2) is 8.00. The van der Waals surface area contributed by atoms with E-state index in [9.17, 15) is 17.6 Å². The predicted octanol–water partition coefficient (Wildman–Crippen LogP) is 2.78. The number of sulfonamides is 1. The number of benzene rings is 2. The van der Waals surface area contributed by atoms with Crippen LogP contribution >= 0.6 is 0 Å². The zero-order valence-electron chi connectivity index (χ0n) is 15.6. The van der Waals surface area contributed by atoms with E-state index in [2.05, 4.69) is 5.32 Å². The van der Waals surface area contributed by atoms with Gasteiger partial charge in [-0.2, -0.15) is 4.31 Å². The van der Waals surface area contributed by atoms with Crippen LogP contribution < -0.4 is 14.8 Å². The minimum absolute atomic E-state index is 0.0332. The first kappa shape index (κ1) is 19.7. The van der Waals surface area contributed by atoms with Gasteiger partial charge < -0.3 is 14.8 Å². The van der Waals surface area contributed by atoms with Crippen molar-refractivity contribution >= 4 is 21.6 Å². The van der Waals surface area contributed by atoms with Crippen LogP contribution in [0.4, 0.5) is 10.1 Å². The van der Waals surface area contributed by atoms with Crippen LogP contribution in [0.15, 0.2) is 47.4 Å². The zero-order chi connectivity index (χ0) is 20.4. The fraction of sp³-hybridized carbons (Fsp3) is 0.350. The third-order valence-corrected chi connectivity index (χ3v) is 6.86. The highest BCUT2D eigenvalue weighted by Crippen LogP contribution is 2.33. The number of anilines is 1. The van der Waals surface area contributed by atoms with Gasteiger partial charge in [-0.3, -0.25) is 4.79 Å². The number of amides is 1. The van der Waals surface area contributed by atoms with Crippen LogP contribution in [0, 0.1) is 5.82 Å². The standard InChI is InChI=1S/C20H21FN2O5S/c21-14-4-7-16(8-5-14)29(25,26)23-10-1-3-17(23)20(24)22-15-6-9-18-19(13-15)28-12-2-11-27-18/h4-9,13,17H,1-3,10-12H2,(H,22,24)/t17-/m1/s1. The summed E-state index contributed by atoms with van der Waals surface area (Å²) in [4.78, 5) is 12.8. The van der Waals surface area contributed by atoms with E-state index in [1.165, 1.54) is 16.4 Å². The Morgan fingerprint density at radius 3 is 2.52 bits per heavy atom. The van der Waals surface area contributed by atoms with Gasteiger partial charge in [0.15, 0.2) is 11.5 Å². The molecule has 2 aliphatic rings. The molecule has 0 spiro atoms. The van der Waals surface area contributed by atoms with Gasteiger partial charge in [-0.1, -0.05) is 0 Å². The summed E-state index contributed by atoms with van der Waals surface area (Å²) in [6, 6.07) is 8.86. The van der Waals surface area contributed by atoms with Gasteiger partial charge in [0.2, 0.25) is 15.9 Å². The molecular formula is C20H21FN2O5S. The van der Waals surface area contributed by atoms with Crippen LogP contribution in [0.25, 0.3) is 0 Å². The molecular weight excluding hydrogens is 399 g/mol. The van der Waals surface area contributed by atoms with E-state index in [1.807, 2.05) is 0 Å². The van der Waals surface area contributed by atoms with Gasteiger partial charge in [0.25, 0.3) is 0 Å². The summed E-state index contributed by atoms with van der Waals surface area (Å²) in [7, 11) is -3.90. The first-order valence-corrected chi connectivity index (χ1v) is 10.9. The number of carbonyl (C=O) groups is 1. The van der Waals surface area contributed by atoms with Crippen molar-refractivity contribution in [2.24, 2.45) is 0 Å². The van der Waals surface area contributed by atoms with Crippen LogP contribution in [0.1, 0.15) is 19.3 Å². The molecule has 1 N–H and O–H groups in total. The van der Waals surface area contributed by atoms with E-state index in [1.54, 1.807) is 18.2 Å². The largest absolute Gasteiger partial charge is 0.490 e. The van der Waals surface area contributed by atoms with Crippen molar-refractivity contribution in [2.45, 2.75) is 30.2 Å². The van der Waals surface area contributed by atoms with Crippen molar-refractivity contribution in [2.75, 3.05) is 25.1 Å². The van der Waals surface area contributed by atoms with Crippen molar-refractivity contribution in [3.8, 4) is 11.5 Å². The Hall–Kier alpha value is -2.65. The van der Waals surface area contributed by atoms with E-state index < -0.39 is 27.8 Å². The molecule has 1 amide bonds. The van der Waals surface area contributed by atoms with Gasteiger partial charge in [-0.15, -0.1) is 0 Å². The summed E-state index contributed by atoms with van der Waals surface area (Å²) < 4.78 is 51.4. The number of ether oxygens (including phenoxy) is 2. The lowest BCUT2D eigenvalue weighted by atomic mass is 10.2. The molecule has 1 fully saturated rings. The fourth-order valence-electron chi connectivity index (χ4n) is 3.50. The summed E-state index contributed by atoms with van der Waals surface area (Å²) in [5.41, 5.74) is 0.505. The summed E-state index contributed by atoms with van der Waals surface area (Å²) in [5, 5.41) is 2.78. The second-order valence-corrected chi connectivity index (χ2v) is 8.82. The Morgan fingerprint density at radius 2 is 1.76 bits per heavy atom. The summed E-state index contributed by atoms with van der Waals surface area (Å²) in [6.45, 7) is 1.33. The van der Waals surface area contributed by atoms with Crippen LogP contribution in [-0.2, 0) is 14.8 Å². The number of hydrogen-bond acceptors (Lipinski definition) is 5. The van der Waals surface area contributed by atoms with Crippen molar-refractivity contribution in [3.05, 3.63) is 48.3 Å². The molecule has 1 saturated heterocycles. The monoisotopic (exact) mass is 420 g/mol. The summed E-state index contributed by atoms with van der Waals surface area (Å²) in [6.07, 6.45) is 1.76. The average Bonchev–Trinajstić information content (AvgIpc) is 3.09. The molecule has 0 aliphatic carbocycles. The van der Waals surface area contributed by atoms with Crippen LogP contribution in [0.3, 0.4) is 0 Å². The normalized spacial score (nSPS) is 19.6. The molecule has 0 aromatic heterocycles. The Bertz CT molecular complexity index is 1010. The fourth-order valence-corrected chi connectivity index (χ4v) is 5.15. The molecule has 0 unspecified atom stereocenters. The van der Waals surface area contributed by atoms with Gasteiger partial charge in [0, 0.05) is 24.7 Å². The highest BCUT2D eigenvalue weighted by atomic mass is 32.2. The minimum Gasteiger partial charge on any atom is -0.490 e. The molecule has 0 bridgehead atoms. The molecule has 154 valence electrons. The third-order valence-electron chi connectivity index (χ3n) is 4.94. The topological polar surface area (TPSA) is 84.9 Å². The minimum atomic E-state index is -3.90. The van der Waals surface area contributed by atoms with Gasteiger partial charge in [-0.25, -0.2) is 12.8 Å². The van der Waals surface area contributed by atoms with Crippen molar-refractivity contribution < 1.29 is 27.1 Å². The lowest BCUT2D eigenvalue weighted by molar-refractivity contribution is -0.119. The average molecular weight is 420 g/mol. The molecule has 2 aromatic carbocycles. The van der Waals surface area contributed by atoms with Gasteiger partial charge in [0.1, 0.15) is 11.9 Å². The first-order valence-electron chi connectivity index (χ1n) is 9.43. The number of rotatable bonds is 4. The molecule has 0 saturated carbocycles. The molecule has 29 heavy (non-hydrogen) atoms. The van der Waals surface area contributed by atoms with Gasteiger partial charge in [0.05, 0.1) is 18.1 Å². The number of fused-ring (bicyclic) bond motifs is 1. The van der Waals surface area contributed by atoms with E-state index in [4.69, 9.17) is 9.47 Å². The maximum absolute atomic E-state index is 13.2. The van der Waals surface area contributed by atoms with Crippen molar-refractivity contribution in [1.82, 2.24) is 4.31 Å². The SMILES string of the molecule is O=C(Nc1ccc2c(c1)OCCCO2)[C@H]1CCCN1S(=O)(=O)c1ccc(F)cc1. The molecule has 9 heteroatoms. The quantitative estimate of drug-likeness (QED) is 0.822. The predicted molar refractivity (Wildman–Crippen MR) is 104 cm³/mol. The van der Waals surface area contributed by atoms with Crippen LogP contribution in [0.2, 0.25) is 0 Å².